The molecule has 4 aliphatic heterocycles. The number of benzene rings is 5. The van der Waals surface area contributed by atoms with Gasteiger partial charge in [0.05, 0.1) is 75.1 Å². The van der Waals surface area contributed by atoms with E-state index in [2.05, 4.69) is 0 Å². The number of rotatable bonds is 8. The molecule has 4 N–H and O–H groups in total. The number of carboxylic acids is 4. The van der Waals surface area contributed by atoms with Crippen molar-refractivity contribution in [3.8, 4) is 0 Å². The summed E-state index contributed by atoms with van der Waals surface area (Å²) in [4.78, 5) is 61.7. The summed E-state index contributed by atoms with van der Waals surface area (Å²) < 4.78 is 22.9. The molecule has 16 nitrogen and oxygen atoms in total. The predicted octanol–water partition coefficient (Wildman–Crippen LogP) is 3.88. The van der Waals surface area contributed by atoms with Gasteiger partial charge in [0.2, 0.25) is 0 Å². The molecule has 5 aromatic carbocycles. The van der Waals surface area contributed by atoms with Gasteiger partial charge in [0.15, 0.2) is 0 Å². The third-order valence-electron chi connectivity index (χ3n) is 11.6. The second kappa shape index (κ2) is 14.1. The Bertz CT molecular complexity index is 2110. The molecule has 56 heavy (non-hydrogen) atoms. The molecule has 0 amide bonds. The molecule has 0 radical (unpaired) electrons. The van der Waals surface area contributed by atoms with Crippen LogP contribution in [0.4, 0.5) is 22.7 Å². The fraction of sp³-hybridized carbons (Fsp3) is 0.400. The molecular weight excluding hydrogens is 728 g/mol. The fourth-order valence-corrected chi connectivity index (χ4v) is 9.12. The summed E-state index contributed by atoms with van der Waals surface area (Å²) in [6, 6.07) is 6.08. The van der Waals surface area contributed by atoms with Gasteiger partial charge in [-0.2, -0.15) is 0 Å². The van der Waals surface area contributed by atoms with Crippen molar-refractivity contribution in [2.24, 2.45) is 0 Å². The second-order valence-corrected chi connectivity index (χ2v) is 14.4. The number of hydrogen-bond acceptors (Lipinski definition) is 12. The molecule has 4 fully saturated rings. The Morgan fingerprint density at radius 1 is 0.339 bits per heavy atom. The van der Waals surface area contributed by atoms with E-state index in [1.807, 2.05) is 19.6 Å². The minimum atomic E-state index is -1.31. The molecule has 0 aromatic heterocycles. The minimum absolute atomic E-state index is 0.0355. The normalized spacial score (nSPS) is 18.4. The van der Waals surface area contributed by atoms with Gasteiger partial charge in [-0.05, 0) is 24.3 Å². The van der Waals surface area contributed by atoms with Gasteiger partial charge in [0.1, 0.15) is 0 Å². The first kappa shape index (κ1) is 36.0. The smallest absolute Gasteiger partial charge is 0.336 e. The fourth-order valence-electron chi connectivity index (χ4n) is 9.12. The van der Waals surface area contributed by atoms with Crippen molar-refractivity contribution in [2.45, 2.75) is 0 Å². The van der Waals surface area contributed by atoms with Crippen molar-refractivity contribution in [3.63, 3.8) is 0 Å². The van der Waals surface area contributed by atoms with Crippen molar-refractivity contribution in [1.29, 1.82) is 0 Å². The van der Waals surface area contributed by atoms with Gasteiger partial charge in [-0.3, -0.25) is 0 Å². The van der Waals surface area contributed by atoms with Crippen LogP contribution in [0.3, 0.4) is 0 Å². The van der Waals surface area contributed by atoms with E-state index in [-0.39, 0.29) is 33.0 Å². The molecule has 0 aliphatic carbocycles. The highest BCUT2D eigenvalue weighted by Gasteiger charge is 2.36. The van der Waals surface area contributed by atoms with Gasteiger partial charge in [0, 0.05) is 118 Å². The molecule has 0 bridgehead atoms. The van der Waals surface area contributed by atoms with Crippen molar-refractivity contribution in [2.75, 3.05) is 125 Å². The third kappa shape index (κ3) is 5.66. The molecule has 16 heteroatoms. The van der Waals surface area contributed by atoms with Crippen molar-refractivity contribution in [3.05, 3.63) is 46.5 Å². The van der Waals surface area contributed by atoms with E-state index < -0.39 is 23.9 Å². The molecule has 0 spiro atoms. The van der Waals surface area contributed by atoms with Gasteiger partial charge in [-0.1, -0.05) is 0 Å². The predicted molar refractivity (Wildman–Crippen MR) is 208 cm³/mol. The summed E-state index contributed by atoms with van der Waals surface area (Å²) in [6.07, 6.45) is 0. The van der Waals surface area contributed by atoms with Crippen LogP contribution in [-0.4, -0.2) is 150 Å². The van der Waals surface area contributed by atoms with Gasteiger partial charge in [-0.25, -0.2) is 19.2 Å². The van der Waals surface area contributed by atoms with Crippen LogP contribution in [0.15, 0.2) is 24.3 Å². The standard InChI is InChI=1S/C40H40N4O12/c45-37(46)21-17-25(41-1-9-53-10-2-41)31-32-26(42-3-11-54-12-4-42)18-23(39(49)50)30-24(40(51)52)20-28(44-7-15-56-16-8-44)34(36(30)32)33-27(43-5-13-55-14-6-43)19-22(38(47)48)29(21)35(31)33/h17-20H,1-16H2,(H,45,46)(H,47,48)(H,49,50)(H,51,52). The molecule has 4 heterocycles. The number of ether oxygens (including phenoxy) is 4. The number of hydrogen-bond donors (Lipinski definition) is 4. The van der Waals surface area contributed by atoms with Crippen LogP contribution < -0.4 is 19.6 Å². The zero-order chi connectivity index (χ0) is 38.8. The monoisotopic (exact) mass is 768 g/mol. The summed E-state index contributed by atoms with van der Waals surface area (Å²) in [5, 5.41) is 46.6. The van der Waals surface area contributed by atoms with E-state index in [1.165, 1.54) is 24.3 Å². The maximum Gasteiger partial charge on any atom is 0.336 e. The van der Waals surface area contributed by atoms with E-state index in [0.717, 1.165) is 0 Å². The largest absolute Gasteiger partial charge is 0.478 e. The van der Waals surface area contributed by atoms with Gasteiger partial charge in [0.25, 0.3) is 0 Å². The minimum Gasteiger partial charge on any atom is -0.478 e. The third-order valence-corrected chi connectivity index (χ3v) is 11.6. The Morgan fingerprint density at radius 3 is 0.714 bits per heavy atom. The molecule has 9 rings (SSSR count). The maximum absolute atomic E-state index is 13.4. The molecule has 5 aromatic rings. The lowest BCUT2D eigenvalue weighted by Gasteiger charge is -2.37. The number of fused-ring (bicyclic) bond motifs is 2. The molecule has 292 valence electrons. The number of carbonyl (C=O) groups is 4. The zero-order valence-corrected chi connectivity index (χ0v) is 30.5. The summed E-state index contributed by atoms with van der Waals surface area (Å²) in [7, 11) is 0. The topological polar surface area (TPSA) is 199 Å². The lowest BCUT2D eigenvalue weighted by molar-refractivity contribution is 0.0681. The average Bonchev–Trinajstić information content (AvgIpc) is 3.22. The van der Waals surface area contributed by atoms with Crippen LogP contribution in [0.2, 0.25) is 0 Å². The Morgan fingerprint density at radius 2 is 0.536 bits per heavy atom. The van der Waals surface area contributed by atoms with E-state index in [1.54, 1.807) is 0 Å². The zero-order valence-electron chi connectivity index (χ0n) is 30.5. The number of nitrogens with zero attached hydrogens (tertiary/aromatic N) is 4. The second-order valence-electron chi connectivity index (χ2n) is 14.4. The summed E-state index contributed by atoms with van der Waals surface area (Å²) in [5.41, 5.74) is 1.26. The number of carboxylic acid groups (broad SMARTS) is 4. The highest BCUT2D eigenvalue weighted by molar-refractivity contribution is 6.45. The Balaban J connectivity index is 1.65. The summed E-state index contributed by atoms with van der Waals surface area (Å²) >= 11 is 0. The van der Waals surface area contributed by atoms with Crippen molar-refractivity contribution in [1.82, 2.24) is 0 Å². The molecule has 4 saturated heterocycles. The quantitative estimate of drug-likeness (QED) is 0.131. The van der Waals surface area contributed by atoms with Crippen LogP contribution in [-0.2, 0) is 18.9 Å². The van der Waals surface area contributed by atoms with E-state index in [0.29, 0.717) is 160 Å². The number of anilines is 4. The van der Waals surface area contributed by atoms with Gasteiger partial charge < -0.3 is 59.0 Å². The van der Waals surface area contributed by atoms with Crippen LogP contribution in [0.5, 0.6) is 0 Å². The van der Waals surface area contributed by atoms with E-state index >= 15 is 0 Å². The highest BCUT2D eigenvalue weighted by atomic mass is 16.5. The molecule has 0 unspecified atom stereocenters. The summed E-state index contributed by atoms with van der Waals surface area (Å²) in [5.74, 6) is -5.23. The average molecular weight is 769 g/mol. The Labute approximate surface area is 319 Å². The molecular formula is C40H40N4O12. The van der Waals surface area contributed by atoms with E-state index in [9.17, 15) is 39.6 Å². The first-order valence-corrected chi connectivity index (χ1v) is 18.8. The van der Waals surface area contributed by atoms with Crippen molar-refractivity contribution >= 4 is 89.7 Å². The van der Waals surface area contributed by atoms with Gasteiger partial charge >= 0.3 is 23.9 Å². The van der Waals surface area contributed by atoms with E-state index in [4.69, 9.17) is 18.9 Å². The van der Waals surface area contributed by atoms with Crippen LogP contribution in [0.25, 0.3) is 43.1 Å². The molecule has 0 atom stereocenters. The number of morpholine rings is 4. The number of aromatic carboxylic acids is 4. The summed E-state index contributed by atoms with van der Waals surface area (Å²) in [6.45, 7) is 5.98. The first-order valence-electron chi connectivity index (χ1n) is 18.8. The lowest BCUT2D eigenvalue weighted by Crippen LogP contribution is -2.38. The van der Waals surface area contributed by atoms with Gasteiger partial charge in [-0.15, -0.1) is 0 Å². The molecule has 0 saturated carbocycles. The molecule has 4 aliphatic rings. The first-order chi connectivity index (χ1) is 27.2. The van der Waals surface area contributed by atoms with Crippen LogP contribution >= 0.6 is 0 Å². The maximum atomic E-state index is 13.4. The SMILES string of the molecule is O=C(O)c1cc(N2CCOCC2)c2c3c(N4CCOCC4)cc(C(=O)O)c4c(C(=O)O)cc(N5CCOCC5)c(c5c(N6CCOCC6)cc(C(=O)O)c1c25)c43. The van der Waals surface area contributed by atoms with Crippen LogP contribution in [0, 0.1) is 0 Å². The van der Waals surface area contributed by atoms with Crippen molar-refractivity contribution < 1.29 is 58.6 Å². The lowest BCUT2D eigenvalue weighted by atomic mass is 9.80. The van der Waals surface area contributed by atoms with Crippen LogP contribution in [0.1, 0.15) is 41.4 Å². The Hall–Kier alpha value is -5.68. The highest BCUT2D eigenvalue weighted by Crippen LogP contribution is 2.55. The Kier molecular flexibility index (Phi) is 9.07.